The van der Waals surface area contributed by atoms with E-state index in [1.807, 2.05) is 30.3 Å². The largest absolute Gasteiger partial charge is 0.444 e. The molecule has 1 aliphatic carbocycles. The summed E-state index contributed by atoms with van der Waals surface area (Å²) in [5.41, 5.74) is -0.0951. The smallest absolute Gasteiger partial charge is 0.411 e. The molecule has 6 heteroatoms. The van der Waals surface area contributed by atoms with E-state index in [4.69, 9.17) is 4.74 Å². The molecule has 0 atom stereocenters. The highest BCUT2D eigenvalue weighted by atomic mass is 19.3. The van der Waals surface area contributed by atoms with Crippen molar-refractivity contribution in [1.82, 2.24) is 10.2 Å². The van der Waals surface area contributed by atoms with Gasteiger partial charge in [-0.3, -0.25) is 4.90 Å². The number of benzene rings is 1. The second kappa shape index (κ2) is 5.26. The Morgan fingerprint density at radius 1 is 1.24 bits per heavy atom. The van der Waals surface area contributed by atoms with Gasteiger partial charge in [0, 0.05) is 0 Å². The molecule has 0 unspecified atom stereocenters. The molecule has 1 aliphatic heterocycles. The van der Waals surface area contributed by atoms with Crippen molar-refractivity contribution in [3.63, 3.8) is 0 Å². The number of hydrogen-bond donors (Lipinski definition) is 1. The number of hydrogen-bond acceptors (Lipinski definition) is 3. The molecule has 0 radical (unpaired) electrons. The van der Waals surface area contributed by atoms with Gasteiger partial charge in [0.2, 0.25) is 0 Å². The SMILES string of the molecule is O=C(OCc1ccccc1)N1CC(F)(F)NC12CCCC2. The number of nitrogens with zero attached hydrogens (tertiary/aromatic N) is 1. The van der Waals surface area contributed by atoms with Gasteiger partial charge in [-0.05, 0) is 31.2 Å². The molecule has 0 aromatic heterocycles. The van der Waals surface area contributed by atoms with Gasteiger partial charge in [-0.1, -0.05) is 30.3 Å². The first-order chi connectivity index (χ1) is 10.0. The summed E-state index contributed by atoms with van der Waals surface area (Å²) in [6.07, 6.45) is 2.09. The molecule has 1 saturated heterocycles. The minimum Gasteiger partial charge on any atom is -0.444 e. The highest BCUT2D eigenvalue weighted by Gasteiger charge is 2.57. The average molecular weight is 296 g/mol. The van der Waals surface area contributed by atoms with Crippen LogP contribution in [-0.4, -0.2) is 29.2 Å². The van der Waals surface area contributed by atoms with Crippen molar-refractivity contribution >= 4 is 6.09 Å². The predicted molar refractivity (Wildman–Crippen MR) is 72.6 cm³/mol. The van der Waals surface area contributed by atoms with E-state index in [1.165, 1.54) is 4.90 Å². The molecular weight excluding hydrogens is 278 g/mol. The summed E-state index contributed by atoms with van der Waals surface area (Å²) in [4.78, 5) is 13.4. The van der Waals surface area contributed by atoms with E-state index in [-0.39, 0.29) is 6.61 Å². The Balaban J connectivity index is 1.68. The Labute approximate surface area is 122 Å². The summed E-state index contributed by atoms with van der Waals surface area (Å²) >= 11 is 0. The molecule has 1 N–H and O–H groups in total. The lowest BCUT2D eigenvalue weighted by atomic mass is 10.1. The summed E-state index contributed by atoms with van der Waals surface area (Å²) < 4.78 is 32.5. The summed E-state index contributed by atoms with van der Waals surface area (Å²) in [6, 6.07) is 6.16. The molecule has 2 fully saturated rings. The molecule has 0 bridgehead atoms. The zero-order valence-electron chi connectivity index (χ0n) is 11.6. The molecule has 1 heterocycles. The molecule has 1 aromatic carbocycles. The monoisotopic (exact) mass is 296 g/mol. The van der Waals surface area contributed by atoms with Gasteiger partial charge in [0.05, 0.1) is 0 Å². The number of nitrogens with one attached hydrogen (secondary N) is 1. The van der Waals surface area contributed by atoms with Crippen LogP contribution in [0.5, 0.6) is 0 Å². The van der Waals surface area contributed by atoms with Crippen LogP contribution in [0.4, 0.5) is 13.6 Å². The lowest BCUT2D eigenvalue weighted by Gasteiger charge is -2.33. The van der Waals surface area contributed by atoms with Gasteiger partial charge in [0.25, 0.3) is 0 Å². The molecular formula is C15H18F2N2O2. The van der Waals surface area contributed by atoms with Gasteiger partial charge in [0.15, 0.2) is 0 Å². The lowest BCUT2D eigenvalue weighted by Crippen LogP contribution is -2.52. The van der Waals surface area contributed by atoms with E-state index < -0.39 is 24.3 Å². The third-order valence-corrected chi connectivity index (χ3v) is 4.15. The topological polar surface area (TPSA) is 41.6 Å². The Bertz CT molecular complexity index is 516. The van der Waals surface area contributed by atoms with E-state index >= 15 is 0 Å². The molecule has 1 aromatic rings. The van der Waals surface area contributed by atoms with Crippen molar-refractivity contribution in [2.75, 3.05) is 6.54 Å². The molecule has 114 valence electrons. The van der Waals surface area contributed by atoms with Crippen LogP contribution in [0.3, 0.4) is 0 Å². The van der Waals surface area contributed by atoms with Crippen LogP contribution in [0.15, 0.2) is 30.3 Å². The van der Waals surface area contributed by atoms with E-state index in [2.05, 4.69) is 5.32 Å². The van der Waals surface area contributed by atoms with Crippen LogP contribution >= 0.6 is 0 Å². The second-order valence-corrected chi connectivity index (χ2v) is 5.69. The maximum Gasteiger partial charge on any atom is 0.411 e. The first-order valence-corrected chi connectivity index (χ1v) is 7.16. The van der Waals surface area contributed by atoms with Crippen LogP contribution < -0.4 is 5.32 Å². The Hall–Kier alpha value is -1.69. The predicted octanol–water partition coefficient (Wildman–Crippen LogP) is 3.09. The number of halogens is 2. The van der Waals surface area contributed by atoms with Crippen molar-refractivity contribution in [2.45, 2.75) is 44.0 Å². The summed E-state index contributed by atoms with van der Waals surface area (Å²) in [7, 11) is 0. The number of carbonyl (C=O) groups is 1. The van der Waals surface area contributed by atoms with Gasteiger partial charge in [-0.2, -0.15) is 8.78 Å². The normalized spacial score (nSPS) is 22.7. The standard InChI is InChI=1S/C15H18F2N2O2/c16-15(17)11-19(14(18-15)8-4-5-9-14)13(20)21-10-12-6-2-1-3-7-12/h1-3,6-7,18H,4-5,8-11H2. The zero-order chi connectivity index (χ0) is 14.9. The van der Waals surface area contributed by atoms with Crippen LogP contribution in [0.2, 0.25) is 0 Å². The highest BCUT2D eigenvalue weighted by Crippen LogP contribution is 2.41. The fourth-order valence-corrected chi connectivity index (χ4v) is 3.19. The van der Waals surface area contributed by atoms with Crippen molar-refractivity contribution in [3.8, 4) is 0 Å². The molecule has 2 aliphatic rings. The van der Waals surface area contributed by atoms with Gasteiger partial charge in [0.1, 0.15) is 18.8 Å². The number of amides is 1. The van der Waals surface area contributed by atoms with E-state index in [0.717, 1.165) is 18.4 Å². The van der Waals surface area contributed by atoms with E-state index in [9.17, 15) is 13.6 Å². The first-order valence-electron chi connectivity index (χ1n) is 7.16. The summed E-state index contributed by atoms with van der Waals surface area (Å²) in [5, 5.41) is 2.33. The molecule has 3 rings (SSSR count). The third kappa shape index (κ3) is 2.85. The fraction of sp³-hybridized carbons (Fsp3) is 0.533. The zero-order valence-corrected chi connectivity index (χ0v) is 11.6. The van der Waals surface area contributed by atoms with Gasteiger partial charge >= 0.3 is 12.1 Å². The summed E-state index contributed by atoms with van der Waals surface area (Å²) in [6.45, 7) is -0.529. The Kier molecular flexibility index (Phi) is 3.57. The first kappa shape index (κ1) is 14.3. The lowest BCUT2D eigenvalue weighted by molar-refractivity contribution is -0.0155. The number of rotatable bonds is 2. The molecule has 1 saturated carbocycles. The van der Waals surface area contributed by atoms with Gasteiger partial charge < -0.3 is 4.74 Å². The van der Waals surface area contributed by atoms with Crippen molar-refractivity contribution in [3.05, 3.63) is 35.9 Å². The molecule has 4 nitrogen and oxygen atoms in total. The maximum atomic E-state index is 13.7. The Morgan fingerprint density at radius 2 is 1.90 bits per heavy atom. The van der Waals surface area contributed by atoms with Crippen LogP contribution in [-0.2, 0) is 11.3 Å². The molecule has 1 amide bonds. The Morgan fingerprint density at radius 3 is 2.57 bits per heavy atom. The number of carbonyl (C=O) groups excluding carboxylic acids is 1. The highest BCUT2D eigenvalue weighted by molar-refractivity contribution is 5.69. The quantitative estimate of drug-likeness (QED) is 0.853. The molecule has 1 spiro atoms. The summed E-state index contributed by atoms with van der Waals surface area (Å²) in [5.74, 6) is 0. The second-order valence-electron chi connectivity index (χ2n) is 5.69. The number of alkyl halides is 2. The van der Waals surface area contributed by atoms with E-state index in [1.54, 1.807) is 0 Å². The number of ether oxygens (including phenoxy) is 1. The average Bonchev–Trinajstić information content (AvgIpc) is 3.02. The van der Waals surface area contributed by atoms with Crippen molar-refractivity contribution < 1.29 is 18.3 Å². The van der Waals surface area contributed by atoms with Gasteiger partial charge in [-0.15, -0.1) is 0 Å². The van der Waals surface area contributed by atoms with Gasteiger partial charge in [-0.25, -0.2) is 10.1 Å². The molecule has 21 heavy (non-hydrogen) atoms. The third-order valence-electron chi connectivity index (χ3n) is 4.15. The van der Waals surface area contributed by atoms with Crippen molar-refractivity contribution in [2.24, 2.45) is 0 Å². The minimum atomic E-state index is -3.05. The van der Waals surface area contributed by atoms with E-state index in [0.29, 0.717) is 12.8 Å². The van der Waals surface area contributed by atoms with Crippen LogP contribution in [0.25, 0.3) is 0 Å². The minimum absolute atomic E-state index is 0.0951. The van der Waals surface area contributed by atoms with Crippen LogP contribution in [0.1, 0.15) is 31.2 Å². The van der Waals surface area contributed by atoms with Crippen LogP contribution in [0, 0.1) is 0 Å². The van der Waals surface area contributed by atoms with Crippen molar-refractivity contribution in [1.29, 1.82) is 0 Å². The fourth-order valence-electron chi connectivity index (χ4n) is 3.19. The maximum absolute atomic E-state index is 13.7.